The number of methoxy groups -OCH3 is 1. The zero-order valence-corrected chi connectivity index (χ0v) is 16.7. The van der Waals surface area contributed by atoms with Gasteiger partial charge in [0, 0.05) is 37.3 Å². The predicted molar refractivity (Wildman–Crippen MR) is 112 cm³/mol. The Labute approximate surface area is 163 Å². The van der Waals surface area contributed by atoms with Crippen LogP contribution >= 0.6 is 0 Å². The molecule has 0 atom stereocenters. The fourth-order valence-electron chi connectivity index (χ4n) is 5.33. The summed E-state index contributed by atoms with van der Waals surface area (Å²) in [6.45, 7) is 6.66. The normalized spacial score (nSPS) is 26.7. The lowest BCUT2D eigenvalue weighted by Gasteiger charge is -2.50. The van der Waals surface area contributed by atoms with Gasteiger partial charge in [-0.2, -0.15) is 0 Å². The lowest BCUT2D eigenvalue weighted by atomic mass is 9.69. The van der Waals surface area contributed by atoms with Crippen molar-refractivity contribution in [3.8, 4) is 5.75 Å². The second-order valence-corrected chi connectivity index (χ2v) is 8.10. The number of piperazine rings is 1. The van der Waals surface area contributed by atoms with Crippen LogP contribution in [0.4, 0.5) is 0 Å². The fraction of sp³-hybridized carbons (Fsp3) is 0.500. The molecule has 0 bridgehead atoms. The Bertz CT molecular complexity index is 758. The van der Waals surface area contributed by atoms with Crippen LogP contribution in [-0.2, 0) is 5.54 Å². The van der Waals surface area contributed by atoms with Gasteiger partial charge in [0.05, 0.1) is 7.11 Å². The molecule has 1 saturated heterocycles. The average Bonchev–Trinajstić information content (AvgIpc) is 2.75. The SMILES string of the molecule is COc1ccccc1C1(N2CCNCC2)CCC(c2ccccc2C)CC1. The zero-order chi connectivity index (χ0) is 18.7. The van der Waals surface area contributed by atoms with E-state index in [1.165, 1.54) is 36.8 Å². The molecule has 1 aliphatic carbocycles. The molecule has 0 spiro atoms. The first-order valence-electron chi connectivity index (χ1n) is 10.4. The molecule has 0 aromatic heterocycles. The molecule has 3 nitrogen and oxygen atoms in total. The number of rotatable bonds is 4. The molecule has 144 valence electrons. The molecule has 2 fully saturated rings. The standard InChI is InChI=1S/C24H32N2O/c1-19-7-3-4-8-21(19)20-11-13-24(14-12-20,26-17-15-25-16-18-26)22-9-5-6-10-23(22)27-2/h3-10,20,25H,11-18H2,1-2H3. The molecule has 3 heteroatoms. The van der Waals surface area contributed by atoms with Gasteiger partial charge in [0.1, 0.15) is 5.75 Å². The van der Waals surface area contributed by atoms with E-state index in [9.17, 15) is 0 Å². The Morgan fingerprint density at radius 2 is 1.63 bits per heavy atom. The lowest BCUT2D eigenvalue weighted by molar-refractivity contribution is 0.0293. The molecule has 1 heterocycles. The third-order valence-corrected chi connectivity index (χ3v) is 6.77. The molecule has 2 aromatic carbocycles. The van der Waals surface area contributed by atoms with Crippen LogP contribution in [0.2, 0.25) is 0 Å². The third-order valence-electron chi connectivity index (χ3n) is 6.77. The van der Waals surface area contributed by atoms with Crippen molar-refractivity contribution in [1.82, 2.24) is 10.2 Å². The van der Waals surface area contributed by atoms with Crippen molar-refractivity contribution in [2.45, 2.75) is 44.1 Å². The second kappa shape index (κ2) is 8.04. The number of hydrogen-bond acceptors (Lipinski definition) is 3. The van der Waals surface area contributed by atoms with Gasteiger partial charge in [-0.3, -0.25) is 4.90 Å². The average molecular weight is 365 g/mol. The first kappa shape index (κ1) is 18.5. The van der Waals surface area contributed by atoms with Crippen LogP contribution in [0.5, 0.6) is 5.75 Å². The van der Waals surface area contributed by atoms with Crippen LogP contribution < -0.4 is 10.1 Å². The summed E-state index contributed by atoms with van der Waals surface area (Å²) in [5.74, 6) is 1.72. The van der Waals surface area contributed by atoms with Gasteiger partial charge >= 0.3 is 0 Å². The fourth-order valence-corrected chi connectivity index (χ4v) is 5.33. The van der Waals surface area contributed by atoms with E-state index in [0.717, 1.165) is 31.9 Å². The van der Waals surface area contributed by atoms with Crippen molar-refractivity contribution in [3.05, 3.63) is 65.2 Å². The first-order chi connectivity index (χ1) is 13.2. The van der Waals surface area contributed by atoms with Crippen LogP contribution in [0.25, 0.3) is 0 Å². The van der Waals surface area contributed by atoms with E-state index in [0.29, 0.717) is 5.92 Å². The van der Waals surface area contributed by atoms with Crippen molar-refractivity contribution in [2.24, 2.45) is 0 Å². The Hall–Kier alpha value is -1.84. The molecule has 0 amide bonds. The Kier molecular flexibility index (Phi) is 5.51. The van der Waals surface area contributed by atoms with Crippen molar-refractivity contribution >= 4 is 0 Å². The maximum Gasteiger partial charge on any atom is 0.123 e. The van der Waals surface area contributed by atoms with E-state index in [2.05, 4.69) is 65.7 Å². The van der Waals surface area contributed by atoms with E-state index in [1.54, 1.807) is 5.56 Å². The monoisotopic (exact) mass is 364 g/mol. The van der Waals surface area contributed by atoms with Gasteiger partial charge in [-0.15, -0.1) is 0 Å². The van der Waals surface area contributed by atoms with E-state index < -0.39 is 0 Å². The van der Waals surface area contributed by atoms with Crippen molar-refractivity contribution in [2.75, 3.05) is 33.3 Å². The smallest absolute Gasteiger partial charge is 0.123 e. The van der Waals surface area contributed by atoms with Crippen LogP contribution in [0.3, 0.4) is 0 Å². The number of ether oxygens (including phenoxy) is 1. The molecule has 1 saturated carbocycles. The van der Waals surface area contributed by atoms with E-state index in [-0.39, 0.29) is 5.54 Å². The lowest BCUT2D eigenvalue weighted by Crippen LogP contribution is -2.55. The molecule has 2 aromatic rings. The highest BCUT2D eigenvalue weighted by molar-refractivity contribution is 5.40. The number of aryl methyl sites for hydroxylation is 1. The first-order valence-corrected chi connectivity index (χ1v) is 10.4. The molecule has 1 aliphatic heterocycles. The second-order valence-electron chi connectivity index (χ2n) is 8.10. The highest BCUT2D eigenvalue weighted by atomic mass is 16.5. The minimum Gasteiger partial charge on any atom is -0.496 e. The minimum atomic E-state index is 0.105. The third kappa shape index (κ3) is 3.51. The maximum absolute atomic E-state index is 5.80. The summed E-state index contributed by atoms with van der Waals surface area (Å²) in [6, 6.07) is 17.6. The molecule has 1 N–H and O–H groups in total. The Balaban J connectivity index is 1.66. The van der Waals surface area contributed by atoms with Gasteiger partial charge in [0.15, 0.2) is 0 Å². The highest BCUT2D eigenvalue weighted by Gasteiger charge is 2.43. The van der Waals surface area contributed by atoms with E-state index >= 15 is 0 Å². The zero-order valence-electron chi connectivity index (χ0n) is 16.7. The predicted octanol–water partition coefficient (Wildman–Crippen LogP) is 4.46. The van der Waals surface area contributed by atoms with Gasteiger partial charge in [-0.25, -0.2) is 0 Å². The number of hydrogen-bond donors (Lipinski definition) is 1. The molecule has 4 rings (SSSR count). The molecule has 0 radical (unpaired) electrons. The minimum absolute atomic E-state index is 0.105. The van der Waals surface area contributed by atoms with E-state index in [4.69, 9.17) is 4.74 Å². The highest BCUT2D eigenvalue weighted by Crippen LogP contribution is 2.49. The molecular formula is C24H32N2O. The summed E-state index contributed by atoms with van der Waals surface area (Å²) < 4.78 is 5.80. The van der Waals surface area contributed by atoms with Crippen molar-refractivity contribution in [3.63, 3.8) is 0 Å². The molecule has 0 unspecified atom stereocenters. The maximum atomic E-state index is 5.80. The van der Waals surface area contributed by atoms with Crippen molar-refractivity contribution < 1.29 is 4.74 Å². The van der Waals surface area contributed by atoms with Crippen LogP contribution in [0.15, 0.2) is 48.5 Å². The number of benzene rings is 2. The molecule has 27 heavy (non-hydrogen) atoms. The summed E-state index contributed by atoms with van der Waals surface area (Å²) in [5.41, 5.74) is 4.48. The van der Waals surface area contributed by atoms with Crippen LogP contribution in [0, 0.1) is 6.92 Å². The summed E-state index contributed by atoms with van der Waals surface area (Å²) in [5, 5.41) is 3.52. The topological polar surface area (TPSA) is 24.5 Å². The molecule has 2 aliphatic rings. The van der Waals surface area contributed by atoms with Crippen molar-refractivity contribution in [1.29, 1.82) is 0 Å². The number of para-hydroxylation sites is 1. The van der Waals surface area contributed by atoms with E-state index in [1.807, 2.05) is 7.11 Å². The van der Waals surface area contributed by atoms with Crippen LogP contribution in [-0.4, -0.2) is 38.2 Å². The largest absolute Gasteiger partial charge is 0.496 e. The summed E-state index contributed by atoms with van der Waals surface area (Å²) >= 11 is 0. The van der Waals surface area contributed by atoms with Gasteiger partial charge < -0.3 is 10.1 Å². The summed E-state index contributed by atoms with van der Waals surface area (Å²) in [6.07, 6.45) is 4.89. The summed E-state index contributed by atoms with van der Waals surface area (Å²) in [4.78, 5) is 2.73. The summed E-state index contributed by atoms with van der Waals surface area (Å²) in [7, 11) is 1.81. The van der Waals surface area contributed by atoms with Crippen LogP contribution in [0.1, 0.15) is 48.3 Å². The van der Waals surface area contributed by atoms with Gasteiger partial charge in [0.2, 0.25) is 0 Å². The molecular weight excluding hydrogens is 332 g/mol. The number of nitrogens with one attached hydrogen (secondary N) is 1. The van der Waals surface area contributed by atoms with Gasteiger partial charge in [0.25, 0.3) is 0 Å². The Morgan fingerprint density at radius 1 is 0.963 bits per heavy atom. The van der Waals surface area contributed by atoms with Gasteiger partial charge in [-0.1, -0.05) is 42.5 Å². The van der Waals surface area contributed by atoms with Gasteiger partial charge in [-0.05, 0) is 55.7 Å². The number of nitrogens with zero attached hydrogens (tertiary/aromatic N) is 1. The Morgan fingerprint density at radius 3 is 2.33 bits per heavy atom. The quantitative estimate of drug-likeness (QED) is 0.867.